The highest BCUT2D eigenvalue weighted by atomic mass is 16.5. The quantitative estimate of drug-likeness (QED) is 0.563. The molecule has 0 spiro atoms. The highest BCUT2D eigenvalue weighted by Crippen LogP contribution is 2.07. The van der Waals surface area contributed by atoms with E-state index in [2.05, 4.69) is 10.3 Å². The van der Waals surface area contributed by atoms with E-state index in [9.17, 15) is 9.59 Å². The van der Waals surface area contributed by atoms with Gasteiger partial charge in [-0.3, -0.25) is 9.59 Å². The van der Waals surface area contributed by atoms with Gasteiger partial charge in [0.2, 0.25) is 0 Å². The molecule has 88 valence electrons. The van der Waals surface area contributed by atoms with Gasteiger partial charge in [-0.15, -0.1) is 0 Å². The fourth-order valence-electron chi connectivity index (χ4n) is 1.00. The van der Waals surface area contributed by atoms with E-state index in [4.69, 9.17) is 10.00 Å². The van der Waals surface area contributed by atoms with Gasteiger partial charge < -0.3 is 10.1 Å². The summed E-state index contributed by atoms with van der Waals surface area (Å²) in [5, 5.41) is 10.8. The van der Waals surface area contributed by atoms with Crippen molar-refractivity contribution in [1.29, 1.82) is 5.26 Å². The Morgan fingerprint density at radius 1 is 1.59 bits per heavy atom. The molecule has 1 aromatic heterocycles. The van der Waals surface area contributed by atoms with Crippen molar-refractivity contribution in [3.05, 3.63) is 24.0 Å². The molecule has 0 aliphatic rings. The Kier molecular flexibility index (Phi) is 5.17. The third-order valence-corrected chi connectivity index (χ3v) is 1.81. The Morgan fingerprint density at radius 3 is 3.00 bits per heavy atom. The number of ether oxygens (including phenoxy) is 1. The summed E-state index contributed by atoms with van der Waals surface area (Å²) in [5.74, 6) is 0.103. The fourth-order valence-corrected chi connectivity index (χ4v) is 1.00. The SMILES string of the molecule is N#CCCNC(=O)COc1ccc(C=O)nc1. The summed E-state index contributed by atoms with van der Waals surface area (Å²) in [6, 6.07) is 4.96. The number of amides is 1. The van der Waals surface area contributed by atoms with Crippen LogP contribution < -0.4 is 10.1 Å². The monoisotopic (exact) mass is 233 g/mol. The Morgan fingerprint density at radius 2 is 2.41 bits per heavy atom. The van der Waals surface area contributed by atoms with Crippen molar-refractivity contribution in [2.24, 2.45) is 0 Å². The number of nitriles is 1. The zero-order valence-corrected chi connectivity index (χ0v) is 9.05. The molecule has 0 fully saturated rings. The first-order valence-corrected chi connectivity index (χ1v) is 4.94. The number of aldehydes is 1. The minimum Gasteiger partial charge on any atom is -0.482 e. The number of carbonyl (C=O) groups excluding carboxylic acids is 2. The lowest BCUT2D eigenvalue weighted by molar-refractivity contribution is -0.123. The van der Waals surface area contributed by atoms with E-state index in [1.54, 1.807) is 6.07 Å². The third-order valence-electron chi connectivity index (χ3n) is 1.81. The van der Waals surface area contributed by atoms with Crippen LogP contribution >= 0.6 is 0 Å². The molecule has 1 rings (SSSR count). The number of pyridine rings is 1. The third kappa shape index (κ3) is 4.75. The van der Waals surface area contributed by atoms with Gasteiger partial charge in [-0.2, -0.15) is 5.26 Å². The van der Waals surface area contributed by atoms with Crippen LogP contribution in [0.15, 0.2) is 18.3 Å². The molecular weight excluding hydrogens is 222 g/mol. The van der Waals surface area contributed by atoms with Crippen molar-refractivity contribution < 1.29 is 14.3 Å². The van der Waals surface area contributed by atoms with Crippen molar-refractivity contribution in [3.63, 3.8) is 0 Å². The van der Waals surface area contributed by atoms with Crippen LogP contribution in [-0.4, -0.2) is 30.3 Å². The topological polar surface area (TPSA) is 92.1 Å². The van der Waals surface area contributed by atoms with Crippen molar-refractivity contribution in [1.82, 2.24) is 10.3 Å². The molecule has 6 nitrogen and oxygen atoms in total. The van der Waals surface area contributed by atoms with Crippen LogP contribution in [0.5, 0.6) is 5.75 Å². The predicted octanol–water partition coefficient (Wildman–Crippen LogP) is 0.303. The summed E-state index contributed by atoms with van der Waals surface area (Å²) in [7, 11) is 0. The number of hydrogen-bond acceptors (Lipinski definition) is 5. The normalized spacial score (nSPS) is 9.12. The second-order valence-electron chi connectivity index (χ2n) is 3.08. The molecule has 0 radical (unpaired) electrons. The first-order chi connectivity index (χ1) is 8.26. The Labute approximate surface area is 98.2 Å². The number of rotatable bonds is 6. The molecule has 0 saturated carbocycles. The van der Waals surface area contributed by atoms with Crippen LogP contribution in [-0.2, 0) is 4.79 Å². The van der Waals surface area contributed by atoms with Gasteiger partial charge in [0.1, 0.15) is 11.4 Å². The Hall–Kier alpha value is -2.42. The molecule has 0 saturated heterocycles. The lowest BCUT2D eigenvalue weighted by atomic mass is 10.4. The number of nitrogens with zero attached hydrogens (tertiary/aromatic N) is 2. The number of aromatic nitrogens is 1. The number of hydrogen-bond donors (Lipinski definition) is 1. The molecule has 0 aromatic carbocycles. The van der Waals surface area contributed by atoms with E-state index in [1.165, 1.54) is 12.3 Å². The van der Waals surface area contributed by atoms with Gasteiger partial charge in [0.15, 0.2) is 12.9 Å². The van der Waals surface area contributed by atoms with Crippen LogP contribution in [0.1, 0.15) is 16.9 Å². The van der Waals surface area contributed by atoms with Gasteiger partial charge in [-0.05, 0) is 12.1 Å². The molecule has 1 N–H and O–H groups in total. The molecule has 1 heterocycles. The van der Waals surface area contributed by atoms with E-state index < -0.39 is 0 Å². The smallest absolute Gasteiger partial charge is 0.257 e. The van der Waals surface area contributed by atoms with Gasteiger partial charge in [0.05, 0.1) is 18.7 Å². The summed E-state index contributed by atoms with van der Waals surface area (Å²) in [6.07, 6.45) is 2.26. The van der Waals surface area contributed by atoms with E-state index in [1.807, 2.05) is 6.07 Å². The van der Waals surface area contributed by atoms with E-state index >= 15 is 0 Å². The first kappa shape index (κ1) is 12.6. The van der Waals surface area contributed by atoms with E-state index in [0.717, 1.165) is 0 Å². The second-order valence-corrected chi connectivity index (χ2v) is 3.08. The molecule has 17 heavy (non-hydrogen) atoms. The van der Waals surface area contributed by atoms with Gasteiger partial charge in [-0.25, -0.2) is 4.98 Å². The van der Waals surface area contributed by atoms with Crippen molar-refractivity contribution in [2.45, 2.75) is 6.42 Å². The lowest BCUT2D eigenvalue weighted by Gasteiger charge is -2.05. The van der Waals surface area contributed by atoms with Crippen LogP contribution in [0.3, 0.4) is 0 Å². The number of carbonyl (C=O) groups is 2. The highest BCUT2D eigenvalue weighted by Gasteiger charge is 2.02. The van der Waals surface area contributed by atoms with Gasteiger partial charge in [-0.1, -0.05) is 0 Å². The molecule has 6 heteroatoms. The molecular formula is C11H11N3O3. The number of nitrogens with one attached hydrogen (secondary N) is 1. The molecule has 0 unspecified atom stereocenters. The zero-order valence-electron chi connectivity index (χ0n) is 9.05. The maximum atomic E-state index is 11.2. The summed E-state index contributed by atoms with van der Waals surface area (Å²) < 4.78 is 5.12. The van der Waals surface area contributed by atoms with Crippen molar-refractivity contribution >= 4 is 12.2 Å². The van der Waals surface area contributed by atoms with E-state index in [0.29, 0.717) is 24.3 Å². The minimum atomic E-state index is -0.306. The molecule has 0 aliphatic carbocycles. The second kappa shape index (κ2) is 6.95. The van der Waals surface area contributed by atoms with Crippen LogP contribution in [0.4, 0.5) is 0 Å². The average molecular weight is 233 g/mol. The average Bonchev–Trinajstić information content (AvgIpc) is 2.37. The molecule has 0 aliphatic heterocycles. The summed E-state index contributed by atoms with van der Waals surface area (Å²) in [4.78, 5) is 25.3. The maximum absolute atomic E-state index is 11.2. The zero-order chi connectivity index (χ0) is 12.5. The van der Waals surface area contributed by atoms with Crippen LogP contribution in [0.2, 0.25) is 0 Å². The van der Waals surface area contributed by atoms with Crippen LogP contribution in [0, 0.1) is 11.3 Å². The standard InChI is InChI=1S/C11H11N3O3/c12-4-1-5-13-11(16)8-17-10-3-2-9(7-15)14-6-10/h2-3,6-7H,1,5,8H2,(H,13,16). The summed E-state index contributed by atoms with van der Waals surface area (Å²) in [6.45, 7) is 0.161. The summed E-state index contributed by atoms with van der Waals surface area (Å²) in [5.41, 5.74) is 0.302. The molecule has 0 atom stereocenters. The van der Waals surface area contributed by atoms with Crippen molar-refractivity contribution in [3.8, 4) is 11.8 Å². The Bertz CT molecular complexity index is 423. The Balaban J connectivity index is 2.32. The van der Waals surface area contributed by atoms with E-state index in [-0.39, 0.29) is 18.9 Å². The van der Waals surface area contributed by atoms with Crippen LogP contribution in [0.25, 0.3) is 0 Å². The minimum absolute atomic E-state index is 0.145. The lowest BCUT2D eigenvalue weighted by Crippen LogP contribution is -2.29. The molecule has 1 amide bonds. The predicted molar refractivity (Wildman–Crippen MR) is 58.4 cm³/mol. The fraction of sp³-hybridized carbons (Fsp3) is 0.273. The van der Waals surface area contributed by atoms with Gasteiger partial charge >= 0.3 is 0 Å². The maximum Gasteiger partial charge on any atom is 0.257 e. The molecule has 0 bridgehead atoms. The van der Waals surface area contributed by atoms with Gasteiger partial charge in [0.25, 0.3) is 5.91 Å². The van der Waals surface area contributed by atoms with Gasteiger partial charge in [0, 0.05) is 6.54 Å². The van der Waals surface area contributed by atoms with Crippen molar-refractivity contribution in [2.75, 3.05) is 13.2 Å². The molecule has 1 aromatic rings. The summed E-state index contributed by atoms with van der Waals surface area (Å²) >= 11 is 0. The highest BCUT2D eigenvalue weighted by molar-refractivity contribution is 5.77. The largest absolute Gasteiger partial charge is 0.482 e. The first-order valence-electron chi connectivity index (χ1n) is 4.94.